The summed E-state index contributed by atoms with van der Waals surface area (Å²) in [6.45, 7) is 7.24. The molecule has 0 spiro atoms. The molecule has 1 N–H and O–H groups in total. The lowest BCUT2D eigenvalue weighted by molar-refractivity contribution is 0.416. The van der Waals surface area contributed by atoms with Crippen molar-refractivity contribution in [1.29, 1.82) is 0 Å². The molecule has 0 aliphatic carbocycles. The van der Waals surface area contributed by atoms with E-state index in [1.807, 2.05) is 0 Å². The minimum Gasteiger partial charge on any atom is -0.389 e. The fourth-order valence-corrected chi connectivity index (χ4v) is 2.21. The fraction of sp³-hybridized carbons (Fsp3) is 0.429. The number of piperidine rings is 1. The van der Waals surface area contributed by atoms with Gasteiger partial charge in [0, 0.05) is 12.2 Å². The second-order valence-corrected chi connectivity index (χ2v) is 4.58. The molecular formula is C14H19N. The zero-order valence-electron chi connectivity index (χ0n) is 9.42. The zero-order chi connectivity index (χ0) is 10.7. The third-order valence-electron chi connectivity index (χ3n) is 3.11. The maximum atomic E-state index is 4.01. The molecule has 15 heavy (non-hydrogen) atoms. The van der Waals surface area contributed by atoms with E-state index in [-0.39, 0.29) is 0 Å². The Kier molecular flexibility index (Phi) is 3.10. The van der Waals surface area contributed by atoms with Crippen molar-refractivity contribution in [2.75, 3.05) is 6.54 Å². The number of aryl methyl sites for hydroxylation is 1. The SMILES string of the molecule is C=C1CC(Cc2ccc(C)cc2)CCN1. The Morgan fingerprint density at radius 1 is 1.33 bits per heavy atom. The van der Waals surface area contributed by atoms with Crippen LogP contribution in [0, 0.1) is 12.8 Å². The van der Waals surface area contributed by atoms with E-state index >= 15 is 0 Å². The summed E-state index contributed by atoms with van der Waals surface area (Å²) in [5, 5.41) is 3.31. The molecule has 1 heterocycles. The van der Waals surface area contributed by atoms with E-state index in [2.05, 4.69) is 43.1 Å². The molecule has 1 aromatic rings. The molecule has 1 fully saturated rings. The van der Waals surface area contributed by atoms with Crippen LogP contribution in [-0.4, -0.2) is 6.54 Å². The number of rotatable bonds is 2. The molecule has 1 aromatic carbocycles. The van der Waals surface area contributed by atoms with E-state index in [0.29, 0.717) is 0 Å². The Bertz CT molecular complexity index is 337. The molecule has 1 atom stereocenters. The van der Waals surface area contributed by atoms with Crippen LogP contribution < -0.4 is 5.32 Å². The van der Waals surface area contributed by atoms with E-state index in [0.717, 1.165) is 18.9 Å². The summed E-state index contributed by atoms with van der Waals surface area (Å²) in [5.74, 6) is 0.779. The van der Waals surface area contributed by atoms with Gasteiger partial charge in [0.05, 0.1) is 0 Å². The van der Waals surface area contributed by atoms with Crippen molar-refractivity contribution in [2.45, 2.75) is 26.2 Å². The molecule has 0 aromatic heterocycles. The number of allylic oxidation sites excluding steroid dienone is 1. The summed E-state index contributed by atoms with van der Waals surface area (Å²) < 4.78 is 0. The molecule has 0 saturated carbocycles. The van der Waals surface area contributed by atoms with Crippen LogP contribution in [0.15, 0.2) is 36.5 Å². The summed E-state index contributed by atoms with van der Waals surface area (Å²) in [4.78, 5) is 0. The van der Waals surface area contributed by atoms with Gasteiger partial charge in [0.25, 0.3) is 0 Å². The van der Waals surface area contributed by atoms with Crippen molar-refractivity contribution in [3.63, 3.8) is 0 Å². The largest absolute Gasteiger partial charge is 0.389 e. The quantitative estimate of drug-likeness (QED) is 0.775. The summed E-state index contributed by atoms with van der Waals surface area (Å²) in [6.07, 6.45) is 3.60. The van der Waals surface area contributed by atoms with Gasteiger partial charge in [-0.1, -0.05) is 36.4 Å². The lowest BCUT2D eigenvalue weighted by atomic mass is 9.89. The topological polar surface area (TPSA) is 12.0 Å². The zero-order valence-corrected chi connectivity index (χ0v) is 9.42. The normalized spacial score (nSPS) is 21.1. The number of nitrogens with one attached hydrogen (secondary N) is 1. The van der Waals surface area contributed by atoms with Gasteiger partial charge in [-0.2, -0.15) is 0 Å². The third kappa shape index (κ3) is 2.85. The Hall–Kier alpha value is -1.24. The highest BCUT2D eigenvalue weighted by Crippen LogP contribution is 2.22. The van der Waals surface area contributed by atoms with Gasteiger partial charge in [-0.05, 0) is 37.7 Å². The molecule has 1 aliphatic rings. The van der Waals surface area contributed by atoms with Gasteiger partial charge >= 0.3 is 0 Å². The molecule has 1 heteroatoms. The van der Waals surface area contributed by atoms with Gasteiger partial charge in [0.2, 0.25) is 0 Å². The van der Waals surface area contributed by atoms with Crippen LogP contribution in [0.5, 0.6) is 0 Å². The molecular weight excluding hydrogens is 182 g/mol. The van der Waals surface area contributed by atoms with Gasteiger partial charge in [0.1, 0.15) is 0 Å². The second-order valence-electron chi connectivity index (χ2n) is 4.58. The van der Waals surface area contributed by atoms with E-state index in [1.165, 1.54) is 29.7 Å². The Labute approximate surface area is 92.2 Å². The van der Waals surface area contributed by atoms with Crippen molar-refractivity contribution < 1.29 is 0 Å². The van der Waals surface area contributed by atoms with Crippen LogP contribution in [0.2, 0.25) is 0 Å². The minimum absolute atomic E-state index is 0.779. The standard InChI is InChI=1S/C14H19N/c1-11-3-5-13(6-4-11)10-14-7-8-15-12(2)9-14/h3-6,14-15H,2,7-10H2,1H3. The maximum absolute atomic E-state index is 4.01. The lowest BCUT2D eigenvalue weighted by Gasteiger charge is -2.25. The van der Waals surface area contributed by atoms with Gasteiger partial charge in [-0.25, -0.2) is 0 Å². The van der Waals surface area contributed by atoms with Crippen molar-refractivity contribution >= 4 is 0 Å². The third-order valence-corrected chi connectivity index (χ3v) is 3.11. The van der Waals surface area contributed by atoms with Crippen LogP contribution >= 0.6 is 0 Å². The van der Waals surface area contributed by atoms with Crippen molar-refractivity contribution in [2.24, 2.45) is 5.92 Å². The maximum Gasteiger partial charge on any atom is 0.0146 e. The monoisotopic (exact) mass is 201 g/mol. The summed E-state index contributed by atoms with van der Waals surface area (Å²) >= 11 is 0. The van der Waals surface area contributed by atoms with Crippen molar-refractivity contribution in [3.8, 4) is 0 Å². The molecule has 1 unspecified atom stereocenters. The molecule has 0 radical (unpaired) electrons. The van der Waals surface area contributed by atoms with Crippen molar-refractivity contribution in [3.05, 3.63) is 47.7 Å². The summed E-state index contributed by atoms with van der Waals surface area (Å²) in [7, 11) is 0. The lowest BCUT2D eigenvalue weighted by Crippen LogP contribution is -2.26. The first kappa shape index (κ1) is 10.3. The van der Waals surface area contributed by atoms with Gasteiger partial charge in [0.15, 0.2) is 0 Å². The van der Waals surface area contributed by atoms with Gasteiger partial charge in [-0.3, -0.25) is 0 Å². The minimum atomic E-state index is 0.779. The van der Waals surface area contributed by atoms with Crippen LogP contribution in [0.4, 0.5) is 0 Å². The number of hydrogen-bond acceptors (Lipinski definition) is 1. The summed E-state index contributed by atoms with van der Waals surface area (Å²) in [6, 6.07) is 8.90. The molecule has 1 saturated heterocycles. The number of hydrogen-bond donors (Lipinski definition) is 1. The summed E-state index contributed by atoms with van der Waals surface area (Å²) in [5.41, 5.74) is 4.01. The van der Waals surface area contributed by atoms with E-state index in [4.69, 9.17) is 0 Å². The average Bonchev–Trinajstić information content (AvgIpc) is 2.22. The second kappa shape index (κ2) is 4.52. The van der Waals surface area contributed by atoms with Crippen LogP contribution in [-0.2, 0) is 6.42 Å². The molecule has 1 nitrogen and oxygen atoms in total. The Balaban J connectivity index is 1.96. The van der Waals surface area contributed by atoms with E-state index in [1.54, 1.807) is 0 Å². The molecule has 0 amide bonds. The Morgan fingerprint density at radius 2 is 2.07 bits per heavy atom. The van der Waals surface area contributed by atoms with E-state index in [9.17, 15) is 0 Å². The van der Waals surface area contributed by atoms with Crippen LogP contribution in [0.1, 0.15) is 24.0 Å². The number of benzene rings is 1. The molecule has 2 rings (SSSR count). The Morgan fingerprint density at radius 3 is 2.73 bits per heavy atom. The van der Waals surface area contributed by atoms with Crippen LogP contribution in [0.3, 0.4) is 0 Å². The van der Waals surface area contributed by atoms with Crippen LogP contribution in [0.25, 0.3) is 0 Å². The first-order chi connectivity index (χ1) is 7.24. The average molecular weight is 201 g/mol. The van der Waals surface area contributed by atoms with Gasteiger partial charge < -0.3 is 5.32 Å². The van der Waals surface area contributed by atoms with E-state index < -0.39 is 0 Å². The predicted molar refractivity (Wildman–Crippen MR) is 64.7 cm³/mol. The fourth-order valence-electron chi connectivity index (χ4n) is 2.21. The first-order valence-corrected chi connectivity index (χ1v) is 5.71. The smallest absolute Gasteiger partial charge is 0.0146 e. The highest BCUT2D eigenvalue weighted by atomic mass is 14.9. The molecule has 80 valence electrons. The van der Waals surface area contributed by atoms with Gasteiger partial charge in [-0.15, -0.1) is 0 Å². The predicted octanol–water partition coefficient (Wildman–Crippen LogP) is 3.05. The highest BCUT2D eigenvalue weighted by molar-refractivity contribution is 5.22. The first-order valence-electron chi connectivity index (χ1n) is 5.71. The molecule has 1 aliphatic heterocycles. The highest BCUT2D eigenvalue weighted by Gasteiger charge is 2.15. The van der Waals surface area contributed by atoms with Crippen molar-refractivity contribution in [1.82, 2.24) is 5.32 Å². The molecule has 0 bridgehead atoms.